The third-order valence-corrected chi connectivity index (χ3v) is 2.38. The lowest BCUT2D eigenvalue weighted by Gasteiger charge is -1.94. The number of nitrogens with zero attached hydrogens (tertiary/aromatic N) is 4. The Hall–Kier alpha value is -1.85. The Morgan fingerprint density at radius 1 is 1.50 bits per heavy atom. The number of aromatic nitrogens is 3. The molecule has 0 amide bonds. The maximum atomic E-state index is 10.7. The molecule has 0 aromatic carbocycles. The van der Waals surface area contributed by atoms with Gasteiger partial charge in [0, 0.05) is 25.9 Å². The Morgan fingerprint density at radius 3 is 2.71 bits per heavy atom. The third-order valence-electron chi connectivity index (χ3n) is 2.38. The van der Waals surface area contributed by atoms with E-state index in [4.69, 9.17) is 0 Å². The summed E-state index contributed by atoms with van der Waals surface area (Å²) in [4.78, 5) is 14.1. The van der Waals surface area contributed by atoms with Crippen LogP contribution in [0.5, 0.6) is 0 Å². The molecule has 0 saturated heterocycles. The van der Waals surface area contributed by atoms with Gasteiger partial charge >= 0.3 is 5.82 Å². The van der Waals surface area contributed by atoms with Crippen molar-refractivity contribution in [2.75, 3.05) is 0 Å². The van der Waals surface area contributed by atoms with Crippen molar-refractivity contribution in [3.05, 3.63) is 27.8 Å². The second-order valence-corrected chi connectivity index (χ2v) is 3.26. The lowest BCUT2D eigenvalue weighted by Crippen LogP contribution is -1.95. The van der Waals surface area contributed by atoms with Gasteiger partial charge in [0.25, 0.3) is 0 Å². The summed E-state index contributed by atoms with van der Waals surface area (Å²) in [6.45, 7) is 3.65. The van der Waals surface area contributed by atoms with Gasteiger partial charge in [-0.1, -0.05) is 0 Å². The molecule has 0 N–H and O–H groups in total. The van der Waals surface area contributed by atoms with Crippen LogP contribution in [0, 0.1) is 24.0 Å². The minimum Gasteiger partial charge on any atom is -0.358 e. The summed E-state index contributed by atoms with van der Waals surface area (Å²) in [7, 11) is 1.79. The summed E-state index contributed by atoms with van der Waals surface area (Å²) in [5, 5.41) is 10.7. The molecule has 0 saturated carbocycles. The minimum atomic E-state index is -0.457. The highest BCUT2D eigenvalue weighted by atomic mass is 16.6. The van der Waals surface area contributed by atoms with Crippen molar-refractivity contribution >= 4 is 11.5 Å². The van der Waals surface area contributed by atoms with Crippen molar-refractivity contribution in [1.29, 1.82) is 0 Å². The van der Waals surface area contributed by atoms with Crippen LogP contribution in [0.2, 0.25) is 0 Å². The summed E-state index contributed by atoms with van der Waals surface area (Å²) >= 11 is 0. The van der Waals surface area contributed by atoms with Crippen LogP contribution in [0.1, 0.15) is 11.5 Å². The zero-order chi connectivity index (χ0) is 10.5. The SMILES string of the molecule is Cc1cn2c(C)nc([N+](=O)[O-])c2n1C. The Bertz CT molecular complexity index is 523. The van der Waals surface area contributed by atoms with Crippen LogP contribution >= 0.6 is 0 Å². The smallest absolute Gasteiger partial charge is 0.358 e. The third kappa shape index (κ3) is 0.935. The van der Waals surface area contributed by atoms with Crippen LogP contribution in [0.3, 0.4) is 0 Å². The Kier molecular flexibility index (Phi) is 1.60. The van der Waals surface area contributed by atoms with E-state index < -0.39 is 4.92 Å². The van der Waals surface area contributed by atoms with Gasteiger partial charge in [0.1, 0.15) is 0 Å². The highest BCUT2D eigenvalue weighted by Crippen LogP contribution is 2.21. The number of aryl methyl sites for hydroxylation is 3. The van der Waals surface area contributed by atoms with Gasteiger partial charge in [-0.3, -0.25) is 4.40 Å². The average Bonchev–Trinajstić information content (AvgIpc) is 2.56. The number of imidazole rings is 2. The van der Waals surface area contributed by atoms with E-state index in [9.17, 15) is 10.1 Å². The summed E-state index contributed by atoms with van der Waals surface area (Å²) in [6.07, 6.45) is 1.84. The van der Waals surface area contributed by atoms with E-state index in [1.54, 1.807) is 22.9 Å². The van der Waals surface area contributed by atoms with Gasteiger partial charge in [-0.2, -0.15) is 0 Å². The van der Waals surface area contributed by atoms with Crippen molar-refractivity contribution in [2.45, 2.75) is 13.8 Å². The molecule has 6 heteroatoms. The number of nitro groups is 1. The molecule has 0 unspecified atom stereocenters. The zero-order valence-corrected chi connectivity index (χ0v) is 8.18. The first-order valence-corrected chi connectivity index (χ1v) is 4.17. The van der Waals surface area contributed by atoms with Crippen LogP contribution in [0.4, 0.5) is 5.82 Å². The van der Waals surface area contributed by atoms with Gasteiger partial charge in [0.05, 0.1) is 0 Å². The summed E-state index contributed by atoms with van der Waals surface area (Å²) < 4.78 is 3.49. The fourth-order valence-electron chi connectivity index (χ4n) is 1.55. The van der Waals surface area contributed by atoms with Crippen molar-refractivity contribution in [3.63, 3.8) is 0 Å². The average molecular weight is 194 g/mol. The van der Waals surface area contributed by atoms with Crippen LogP contribution in [0.15, 0.2) is 6.20 Å². The molecule has 0 aliphatic carbocycles. The van der Waals surface area contributed by atoms with Gasteiger partial charge in [-0.15, -0.1) is 0 Å². The first-order valence-electron chi connectivity index (χ1n) is 4.17. The number of fused-ring (bicyclic) bond motifs is 1. The molecule has 2 rings (SSSR count). The molecule has 2 heterocycles. The normalized spacial score (nSPS) is 11.1. The molecule has 0 atom stereocenters. The van der Waals surface area contributed by atoms with Crippen LogP contribution in [-0.2, 0) is 7.05 Å². The molecule has 6 nitrogen and oxygen atoms in total. The zero-order valence-electron chi connectivity index (χ0n) is 8.18. The van der Waals surface area contributed by atoms with Gasteiger partial charge in [-0.25, -0.2) is 0 Å². The summed E-state index contributed by atoms with van der Waals surface area (Å²) in [5.74, 6) is 0.550. The van der Waals surface area contributed by atoms with Crippen molar-refractivity contribution in [2.24, 2.45) is 7.05 Å². The molecule has 0 fully saturated rings. The van der Waals surface area contributed by atoms with Crippen molar-refractivity contribution < 1.29 is 4.92 Å². The number of rotatable bonds is 1. The van der Waals surface area contributed by atoms with E-state index >= 15 is 0 Å². The highest BCUT2D eigenvalue weighted by Gasteiger charge is 2.23. The van der Waals surface area contributed by atoms with Crippen LogP contribution in [0.25, 0.3) is 5.65 Å². The molecular weight excluding hydrogens is 184 g/mol. The Morgan fingerprint density at radius 2 is 2.14 bits per heavy atom. The van der Waals surface area contributed by atoms with Gasteiger partial charge in [-0.05, 0) is 16.8 Å². The minimum absolute atomic E-state index is 0.0851. The second-order valence-electron chi connectivity index (χ2n) is 3.26. The maximum absolute atomic E-state index is 10.7. The Labute approximate surface area is 79.9 Å². The molecule has 0 spiro atoms. The fraction of sp³-hybridized carbons (Fsp3) is 0.375. The highest BCUT2D eigenvalue weighted by molar-refractivity contribution is 5.58. The van der Waals surface area contributed by atoms with Crippen molar-refractivity contribution in [3.8, 4) is 0 Å². The predicted molar refractivity (Wildman–Crippen MR) is 50.3 cm³/mol. The van der Waals surface area contributed by atoms with Gasteiger partial charge < -0.3 is 14.7 Å². The second kappa shape index (κ2) is 2.57. The topological polar surface area (TPSA) is 65.4 Å². The largest absolute Gasteiger partial charge is 0.407 e. The Balaban J connectivity index is 2.92. The van der Waals surface area contributed by atoms with E-state index in [-0.39, 0.29) is 5.82 Å². The van der Waals surface area contributed by atoms with E-state index in [2.05, 4.69) is 4.98 Å². The lowest BCUT2D eigenvalue weighted by atomic mass is 10.5. The molecule has 0 bridgehead atoms. The molecule has 0 aliphatic heterocycles. The van der Waals surface area contributed by atoms with Crippen LogP contribution < -0.4 is 0 Å². The van der Waals surface area contributed by atoms with E-state index in [1.165, 1.54) is 0 Å². The monoisotopic (exact) mass is 194 g/mol. The molecule has 0 radical (unpaired) electrons. The molecule has 2 aromatic heterocycles. The van der Waals surface area contributed by atoms with E-state index in [0.717, 1.165) is 5.69 Å². The molecule has 0 aliphatic rings. The quantitative estimate of drug-likeness (QED) is 0.506. The standard InChI is InChI=1S/C8H10N4O2/c1-5-4-11-6(2)9-7(12(13)14)8(11)10(5)3/h4H,1-3H3. The molecule has 74 valence electrons. The van der Waals surface area contributed by atoms with E-state index in [0.29, 0.717) is 11.5 Å². The molecule has 14 heavy (non-hydrogen) atoms. The fourth-order valence-corrected chi connectivity index (χ4v) is 1.55. The predicted octanol–water partition coefficient (Wildman–Crippen LogP) is 1.20. The summed E-state index contributed by atoms with van der Waals surface area (Å²) in [5.41, 5.74) is 1.50. The first kappa shape index (κ1) is 8.74. The number of hydrogen-bond acceptors (Lipinski definition) is 3. The molecule has 2 aromatic rings. The number of hydrogen-bond donors (Lipinski definition) is 0. The maximum Gasteiger partial charge on any atom is 0.407 e. The lowest BCUT2D eigenvalue weighted by molar-refractivity contribution is -0.387. The van der Waals surface area contributed by atoms with Gasteiger partial charge in [0.2, 0.25) is 11.5 Å². The first-order chi connectivity index (χ1) is 6.52. The van der Waals surface area contributed by atoms with E-state index in [1.807, 2.05) is 13.1 Å². The van der Waals surface area contributed by atoms with Gasteiger partial charge in [0.15, 0.2) is 0 Å². The van der Waals surface area contributed by atoms with Crippen molar-refractivity contribution in [1.82, 2.24) is 14.0 Å². The summed E-state index contributed by atoms with van der Waals surface area (Å²) in [6, 6.07) is 0. The van der Waals surface area contributed by atoms with Crippen LogP contribution in [-0.4, -0.2) is 18.9 Å². The molecular formula is C8H10N4O2.